The minimum Gasteiger partial charge on any atom is -0.355 e. The van der Waals surface area contributed by atoms with Gasteiger partial charge in [-0.05, 0) is 30.7 Å². The third-order valence-corrected chi connectivity index (χ3v) is 4.37. The number of fused-ring (bicyclic) bond motifs is 1. The fourth-order valence-electron chi connectivity index (χ4n) is 2.32. The number of anilines is 2. The highest BCUT2D eigenvalue weighted by atomic mass is 32.2. The molecule has 2 aromatic carbocycles. The van der Waals surface area contributed by atoms with Gasteiger partial charge in [-0.15, -0.1) is 0 Å². The summed E-state index contributed by atoms with van der Waals surface area (Å²) < 4.78 is 0. The molecule has 0 unspecified atom stereocenters. The largest absolute Gasteiger partial charge is 0.355 e. The number of amides is 1. The van der Waals surface area contributed by atoms with Gasteiger partial charge in [-0.2, -0.15) is 0 Å². The van der Waals surface area contributed by atoms with Gasteiger partial charge in [-0.3, -0.25) is 4.79 Å². The predicted octanol–water partition coefficient (Wildman–Crippen LogP) is 3.99. The monoisotopic (exact) mass is 352 g/mol. The van der Waals surface area contributed by atoms with Crippen molar-refractivity contribution >= 4 is 40.1 Å². The molecule has 0 saturated heterocycles. The number of rotatable bonds is 7. The van der Waals surface area contributed by atoms with Gasteiger partial charge >= 0.3 is 0 Å². The zero-order chi connectivity index (χ0) is 17.5. The van der Waals surface area contributed by atoms with E-state index in [1.807, 2.05) is 61.5 Å². The summed E-state index contributed by atoms with van der Waals surface area (Å²) in [5.74, 6) is 1.05. The average molecular weight is 352 g/mol. The van der Waals surface area contributed by atoms with Gasteiger partial charge in [0.1, 0.15) is 5.82 Å². The van der Waals surface area contributed by atoms with E-state index >= 15 is 0 Å². The van der Waals surface area contributed by atoms with Crippen LogP contribution in [0.1, 0.15) is 13.3 Å². The first-order chi connectivity index (χ1) is 12.3. The molecule has 0 aliphatic heterocycles. The first-order valence-electron chi connectivity index (χ1n) is 8.24. The van der Waals surface area contributed by atoms with Crippen LogP contribution in [0.15, 0.2) is 59.8 Å². The summed E-state index contributed by atoms with van der Waals surface area (Å²) in [5.41, 5.74) is 1.82. The van der Waals surface area contributed by atoms with Crippen LogP contribution >= 0.6 is 11.8 Å². The summed E-state index contributed by atoms with van der Waals surface area (Å²) in [6.07, 6.45) is 0.925. The zero-order valence-electron chi connectivity index (χ0n) is 14.0. The fourth-order valence-corrected chi connectivity index (χ4v) is 3.00. The zero-order valence-corrected chi connectivity index (χ0v) is 14.8. The Bertz CT molecular complexity index is 854. The molecule has 0 fully saturated rings. The second-order valence-electron chi connectivity index (χ2n) is 5.50. The molecule has 2 N–H and O–H groups in total. The maximum Gasteiger partial charge on any atom is 0.230 e. The van der Waals surface area contributed by atoms with Crippen LogP contribution in [0.2, 0.25) is 0 Å². The van der Waals surface area contributed by atoms with Gasteiger partial charge in [0.2, 0.25) is 5.91 Å². The molecule has 0 radical (unpaired) electrons. The minimum atomic E-state index is 0.00109. The number of benzene rings is 2. The molecule has 1 amide bonds. The van der Waals surface area contributed by atoms with Gasteiger partial charge < -0.3 is 10.6 Å². The molecular weight excluding hydrogens is 332 g/mol. The lowest BCUT2D eigenvalue weighted by Crippen LogP contribution is -2.25. The van der Waals surface area contributed by atoms with Crippen LogP contribution < -0.4 is 10.6 Å². The van der Waals surface area contributed by atoms with Crippen molar-refractivity contribution in [2.24, 2.45) is 0 Å². The second kappa shape index (κ2) is 8.48. The minimum absolute atomic E-state index is 0.00109. The van der Waals surface area contributed by atoms with Gasteiger partial charge in [0.25, 0.3) is 0 Å². The van der Waals surface area contributed by atoms with Crippen molar-refractivity contribution in [2.45, 2.75) is 18.5 Å². The first-order valence-corrected chi connectivity index (χ1v) is 9.23. The van der Waals surface area contributed by atoms with Gasteiger partial charge in [-0.1, -0.05) is 49.0 Å². The highest BCUT2D eigenvalue weighted by molar-refractivity contribution is 7.99. The first kappa shape index (κ1) is 17.2. The number of para-hydroxylation sites is 2. The van der Waals surface area contributed by atoms with Crippen molar-refractivity contribution in [1.29, 1.82) is 0 Å². The van der Waals surface area contributed by atoms with Gasteiger partial charge in [0.05, 0.1) is 11.3 Å². The van der Waals surface area contributed by atoms with E-state index in [9.17, 15) is 4.79 Å². The smallest absolute Gasteiger partial charge is 0.230 e. The molecule has 0 atom stereocenters. The van der Waals surface area contributed by atoms with E-state index in [0.29, 0.717) is 17.5 Å². The van der Waals surface area contributed by atoms with E-state index < -0.39 is 0 Å². The SMILES string of the molecule is CCCNC(=O)CSc1nc(Nc2ccccc2)c2ccccc2n1. The van der Waals surface area contributed by atoms with Crippen LogP contribution in [0, 0.1) is 0 Å². The molecule has 25 heavy (non-hydrogen) atoms. The predicted molar refractivity (Wildman–Crippen MR) is 103 cm³/mol. The summed E-state index contributed by atoms with van der Waals surface area (Å²) in [5, 5.41) is 7.74. The molecule has 3 rings (SSSR count). The normalized spacial score (nSPS) is 10.6. The van der Waals surface area contributed by atoms with Crippen molar-refractivity contribution in [2.75, 3.05) is 17.6 Å². The van der Waals surface area contributed by atoms with Crippen molar-refractivity contribution < 1.29 is 4.79 Å². The molecule has 0 saturated carbocycles. The second-order valence-corrected chi connectivity index (χ2v) is 6.44. The lowest BCUT2D eigenvalue weighted by Gasteiger charge is -2.10. The van der Waals surface area contributed by atoms with Crippen molar-refractivity contribution in [3.05, 3.63) is 54.6 Å². The fraction of sp³-hybridized carbons (Fsp3) is 0.211. The Morgan fingerprint density at radius 1 is 1.04 bits per heavy atom. The Hall–Kier alpha value is -2.60. The Morgan fingerprint density at radius 2 is 1.80 bits per heavy atom. The number of aromatic nitrogens is 2. The standard InChI is InChI=1S/C19H20N4OS/c1-2-12-20-17(24)13-25-19-22-16-11-7-6-10-15(16)18(23-19)21-14-8-4-3-5-9-14/h3-11H,2,12-13H2,1H3,(H,20,24)(H,21,22,23). The maximum atomic E-state index is 11.8. The molecular formula is C19H20N4OS. The van der Waals surface area contributed by atoms with Gasteiger partial charge in [-0.25, -0.2) is 9.97 Å². The molecule has 6 heteroatoms. The molecule has 1 heterocycles. The Balaban J connectivity index is 1.83. The van der Waals surface area contributed by atoms with E-state index in [4.69, 9.17) is 0 Å². The van der Waals surface area contributed by atoms with Crippen molar-refractivity contribution in [1.82, 2.24) is 15.3 Å². The topological polar surface area (TPSA) is 66.9 Å². The molecule has 0 aliphatic rings. The number of hydrogen-bond acceptors (Lipinski definition) is 5. The Labute approximate surface area is 151 Å². The van der Waals surface area contributed by atoms with Crippen LogP contribution in [-0.4, -0.2) is 28.2 Å². The van der Waals surface area contributed by atoms with Crippen LogP contribution in [0.25, 0.3) is 10.9 Å². The molecule has 3 aromatic rings. The summed E-state index contributed by atoms with van der Waals surface area (Å²) in [6, 6.07) is 17.7. The number of nitrogens with one attached hydrogen (secondary N) is 2. The van der Waals surface area contributed by atoms with Crippen LogP contribution in [0.4, 0.5) is 11.5 Å². The average Bonchev–Trinajstić information content (AvgIpc) is 2.65. The summed E-state index contributed by atoms with van der Waals surface area (Å²) >= 11 is 1.34. The van der Waals surface area contributed by atoms with Gasteiger partial charge in [0.15, 0.2) is 5.16 Å². The number of carbonyl (C=O) groups is 1. The number of thioether (sulfide) groups is 1. The summed E-state index contributed by atoms with van der Waals surface area (Å²) in [4.78, 5) is 21.0. The lowest BCUT2D eigenvalue weighted by atomic mass is 10.2. The Morgan fingerprint density at radius 3 is 2.60 bits per heavy atom. The number of nitrogens with zero attached hydrogens (tertiary/aromatic N) is 2. The van der Waals surface area contributed by atoms with E-state index in [2.05, 4.69) is 20.6 Å². The highest BCUT2D eigenvalue weighted by Gasteiger charge is 2.10. The summed E-state index contributed by atoms with van der Waals surface area (Å²) in [7, 11) is 0. The third-order valence-electron chi connectivity index (χ3n) is 3.52. The quantitative estimate of drug-likeness (QED) is 0.497. The highest BCUT2D eigenvalue weighted by Crippen LogP contribution is 2.26. The van der Waals surface area contributed by atoms with Crippen molar-refractivity contribution in [3.8, 4) is 0 Å². The van der Waals surface area contributed by atoms with Gasteiger partial charge in [0, 0.05) is 17.6 Å². The number of hydrogen-bond donors (Lipinski definition) is 2. The molecule has 1 aromatic heterocycles. The molecule has 5 nitrogen and oxygen atoms in total. The third kappa shape index (κ3) is 4.70. The maximum absolute atomic E-state index is 11.8. The van der Waals surface area contributed by atoms with E-state index in [-0.39, 0.29) is 5.91 Å². The number of carbonyl (C=O) groups excluding carboxylic acids is 1. The Kier molecular flexibility index (Phi) is 5.85. The molecule has 128 valence electrons. The molecule has 0 bridgehead atoms. The van der Waals surface area contributed by atoms with E-state index in [1.54, 1.807) is 0 Å². The van der Waals surface area contributed by atoms with Crippen molar-refractivity contribution in [3.63, 3.8) is 0 Å². The summed E-state index contributed by atoms with van der Waals surface area (Å²) in [6.45, 7) is 2.72. The lowest BCUT2D eigenvalue weighted by molar-refractivity contribution is -0.118. The van der Waals surface area contributed by atoms with E-state index in [0.717, 1.165) is 28.8 Å². The van der Waals surface area contributed by atoms with Crippen LogP contribution in [0.3, 0.4) is 0 Å². The van der Waals surface area contributed by atoms with E-state index in [1.165, 1.54) is 11.8 Å². The molecule has 0 spiro atoms. The van der Waals surface area contributed by atoms with Crippen LogP contribution in [0.5, 0.6) is 0 Å². The van der Waals surface area contributed by atoms with Crippen LogP contribution in [-0.2, 0) is 4.79 Å². The molecule has 0 aliphatic carbocycles.